The molecule has 2 rings (SSSR count). The van der Waals surface area contributed by atoms with Gasteiger partial charge in [0, 0.05) is 14.0 Å². The van der Waals surface area contributed by atoms with Crippen molar-refractivity contribution in [2.45, 2.75) is 32.9 Å². The quantitative estimate of drug-likeness (QED) is 0.856. The zero-order valence-electron chi connectivity index (χ0n) is 12.8. The first-order chi connectivity index (χ1) is 10.2. The fourth-order valence-corrected chi connectivity index (χ4v) is 2.88. The molecule has 0 bridgehead atoms. The molecule has 8 heteroatoms. The van der Waals surface area contributed by atoms with Gasteiger partial charge >= 0.3 is 5.97 Å². The van der Waals surface area contributed by atoms with E-state index in [1.807, 2.05) is 0 Å². The van der Waals surface area contributed by atoms with Gasteiger partial charge in [0.15, 0.2) is 5.60 Å². The monoisotopic (exact) mass is 323 g/mol. The molecule has 0 radical (unpaired) electrons. The Balaban J connectivity index is 2.19. The third-order valence-electron chi connectivity index (χ3n) is 3.01. The average molecular weight is 323 g/mol. The number of aromatic amines is 1. The minimum Gasteiger partial charge on any atom is -0.450 e. The van der Waals surface area contributed by atoms with Crippen LogP contribution in [-0.4, -0.2) is 39.4 Å². The summed E-state index contributed by atoms with van der Waals surface area (Å²) >= 11 is 1.31. The van der Waals surface area contributed by atoms with Crippen LogP contribution in [0.1, 0.15) is 26.6 Å². The molecule has 0 aliphatic rings. The number of H-pyrrole nitrogens is 1. The number of hydrogen-bond acceptors (Lipinski definition) is 6. The van der Waals surface area contributed by atoms with Crippen molar-refractivity contribution in [1.29, 1.82) is 0 Å². The normalized spacial score (nSPS) is 11.5. The van der Waals surface area contributed by atoms with Crippen LogP contribution in [0.25, 0.3) is 10.2 Å². The molecule has 0 unspecified atom stereocenters. The highest BCUT2D eigenvalue weighted by molar-refractivity contribution is 7.17. The Morgan fingerprint density at radius 1 is 1.45 bits per heavy atom. The summed E-state index contributed by atoms with van der Waals surface area (Å²) in [5.41, 5.74) is -0.896. The van der Waals surface area contributed by atoms with Crippen LogP contribution in [0.4, 0.5) is 0 Å². The van der Waals surface area contributed by atoms with E-state index in [-0.39, 0.29) is 18.0 Å². The van der Waals surface area contributed by atoms with E-state index < -0.39 is 11.6 Å². The van der Waals surface area contributed by atoms with Gasteiger partial charge < -0.3 is 14.6 Å². The molecule has 0 aliphatic carbocycles. The van der Waals surface area contributed by atoms with Crippen molar-refractivity contribution in [3.63, 3.8) is 0 Å². The van der Waals surface area contributed by atoms with E-state index in [0.717, 1.165) is 0 Å². The molecule has 2 aromatic heterocycles. The molecule has 1 amide bonds. The molecule has 1 N–H and O–H groups in total. The number of carbonyl (C=O) groups is 2. The van der Waals surface area contributed by atoms with Gasteiger partial charge in [-0.1, -0.05) is 0 Å². The topological polar surface area (TPSA) is 92.4 Å². The van der Waals surface area contributed by atoms with Crippen LogP contribution in [-0.2, 0) is 20.9 Å². The molecule has 22 heavy (non-hydrogen) atoms. The number of nitrogens with zero attached hydrogens (tertiary/aromatic N) is 2. The van der Waals surface area contributed by atoms with E-state index in [9.17, 15) is 14.4 Å². The van der Waals surface area contributed by atoms with Gasteiger partial charge in [-0.15, -0.1) is 11.3 Å². The van der Waals surface area contributed by atoms with E-state index in [0.29, 0.717) is 16.0 Å². The second-order valence-electron chi connectivity index (χ2n) is 5.41. The zero-order valence-corrected chi connectivity index (χ0v) is 13.6. The van der Waals surface area contributed by atoms with Crippen LogP contribution in [0.3, 0.4) is 0 Å². The maximum absolute atomic E-state index is 12.3. The Labute approximate surface area is 130 Å². The van der Waals surface area contributed by atoms with Gasteiger partial charge in [-0.3, -0.25) is 14.4 Å². The number of fused-ring (bicyclic) bond motifs is 1. The summed E-state index contributed by atoms with van der Waals surface area (Å²) in [6.45, 7) is 4.40. The summed E-state index contributed by atoms with van der Waals surface area (Å²) < 4.78 is 5.57. The number of esters is 1. The molecule has 0 saturated heterocycles. The standard InChI is InChI=1S/C14H17N3O4S/c1-8(18)21-14(2,3)13(20)17(4)7-10-15-9-5-6-22-11(9)12(19)16-10/h5-6H,7H2,1-4H3,(H,15,16,19). The first-order valence-corrected chi connectivity index (χ1v) is 7.50. The van der Waals surface area contributed by atoms with Crippen molar-refractivity contribution in [3.8, 4) is 0 Å². The van der Waals surface area contributed by atoms with Gasteiger partial charge in [0.05, 0.1) is 12.1 Å². The molecule has 0 aromatic carbocycles. The van der Waals surface area contributed by atoms with E-state index in [2.05, 4.69) is 9.97 Å². The summed E-state index contributed by atoms with van der Waals surface area (Å²) in [5.74, 6) is -0.529. The number of hydrogen-bond donors (Lipinski definition) is 1. The van der Waals surface area contributed by atoms with Gasteiger partial charge in [-0.2, -0.15) is 0 Å². The van der Waals surface area contributed by atoms with Crippen LogP contribution in [0, 0.1) is 0 Å². The molecular formula is C14H17N3O4S. The number of ether oxygens (including phenoxy) is 1. The largest absolute Gasteiger partial charge is 0.450 e. The second-order valence-corrected chi connectivity index (χ2v) is 6.33. The van der Waals surface area contributed by atoms with Crippen molar-refractivity contribution in [2.75, 3.05) is 7.05 Å². The number of thiophene rings is 1. The lowest BCUT2D eigenvalue weighted by atomic mass is 10.1. The summed E-state index contributed by atoms with van der Waals surface area (Å²) in [6.07, 6.45) is 0. The number of likely N-dealkylation sites (N-methyl/N-ethyl adjacent to an activating group) is 1. The Bertz CT molecular complexity index is 778. The Morgan fingerprint density at radius 3 is 2.77 bits per heavy atom. The Kier molecular flexibility index (Phi) is 4.32. The van der Waals surface area contributed by atoms with Gasteiger partial charge in [-0.25, -0.2) is 4.98 Å². The van der Waals surface area contributed by atoms with Crippen molar-refractivity contribution in [1.82, 2.24) is 14.9 Å². The molecule has 0 fully saturated rings. The molecule has 0 aliphatic heterocycles. The maximum atomic E-state index is 12.3. The summed E-state index contributed by atoms with van der Waals surface area (Å²) in [5, 5.41) is 1.79. The summed E-state index contributed by atoms with van der Waals surface area (Å²) in [6, 6.07) is 1.75. The molecular weight excluding hydrogens is 306 g/mol. The summed E-state index contributed by atoms with van der Waals surface area (Å²) in [7, 11) is 1.56. The molecule has 0 atom stereocenters. The van der Waals surface area contributed by atoms with Crippen LogP contribution >= 0.6 is 11.3 Å². The van der Waals surface area contributed by atoms with E-state index in [1.165, 1.54) is 37.0 Å². The van der Waals surface area contributed by atoms with Crippen LogP contribution < -0.4 is 5.56 Å². The fourth-order valence-electron chi connectivity index (χ4n) is 2.16. The predicted octanol–water partition coefficient (Wildman–Crippen LogP) is 1.28. The highest BCUT2D eigenvalue weighted by atomic mass is 32.1. The minimum absolute atomic E-state index is 0.116. The molecule has 7 nitrogen and oxygen atoms in total. The summed E-state index contributed by atoms with van der Waals surface area (Å²) in [4.78, 5) is 43.6. The van der Waals surface area contributed by atoms with Gasteiger partial charge in [0.2, 0.25) is 0 Å². The highest BCUT2D eigenvalue weighted by Gasteiger charge is 2.33. The van der Waals surface area contributed by atoms with Crippen LogP contribution in [0.2, 0.25) is 0 Å². The van der Waals surface area contributed by atoms with Gasteiger partial charge in [0.25, 0.3) is 11.5 Å². The first-order valence-electron chi connectivity index (χ1n) is 6.62. The Morgan fingerprint density at radius 2 is 2.14 bits per heavy atom. The molecule has 2 heterocycles. The van der Waals surface area contributed by atoms with Crippen LogP contribution in [0.15, 0.2) is 16.2 Å². The number of aromatic nitrogens is 2. The average Bonchev–Trinajstić information content (AvgIpc) is 2.84. The molecule has 0 spiro atoms. The van der Waals surface area contributed by atoms with Gasteiger partial charge in [-0.05, 0) is 25.3 Å². The van der Waals surface area contributed by atoms with Crippen LogP contribution in [0.5, 0.6) is 0 Å². The number of carbonyl (C=O) groups excluding carboxylic acids is 2. The lowest BCUT2D eigenvalue weighted by Crippen LogP contribution is -2.46. The smallest absolute Gasteiger partial charge is 0.303 e. The molecule has 118 valence electrons. The fraction of sp³-hybridized carbons (Fsp3) is 0.429. The second kappa shape index (κ2) is 5.88. The maximum Gasteiger partial charge on any atom is 0.303 e. The van der Waals surface area contributed by atoms with Crippen molar-refractivity contribution in [3.05, 3.63) is 27.6 Å². The number of amides is 1. The number of nitrogens with one attached hydrogen (secondary N) is 1. The van der Waals surface area contributed by atoms with Crippen molar-refractivity contribution < 1.29 is 14.3 Å². The SMILES string of the molecule is CC(=O)OC(C)(C)C(=O)N(C)Cc1nc2ccsc2c(=O)[nH]1. The van der Waals surface area contributed by atoms with Gasteiger partial charge in [0.1, 0.15) is 10.5 Å². The highest BCUT2D eigenvalue weighted by Crippen LogP contribution is 2.16. The number of rotatable bonds is 4. The lowest BCUT2D eigenvalue weighted by Gasteiger charge is -2.28. The van der Waals surface area contributed by atoms with E-state index in [4.69, 9.17) is 4.74 Å². The third-order valence-corrected chi connectivity index (χ3v) is 3.91. The van der Waals surface area contributed by atoms with Crippen molar-refractivity contribution in [2.24, 2.45) is 0 Å². The third kappa shape index (κ3) is 3.33. The molecule has 2 aromatic rings. The lowest BCUT2D eigenvalue weighted by molar-refractivity contribution is -0.168. The predicted molar refractivity (Wildman–Crippen MR) is 82.6 cm³/mol. The first kappa shape index (κ1) is 16.2. The zero-order chi connectivity index (χ0) is 16.5. The van der Waals surface area contributed by atoms with E-state index >= 15 is 0 Å². The Hall–Kier alpha value is -2.22. The minimum atomic E-state index is -1.27. The molecule has 0 saturated carbocycles. The van der Waals surface area contributed by atoms with Crippen molar-refractivity contribution >= 4 is 33.4 Å². The van der Waals surface area contributed by atoms with E-state index in [1.54, 1.807) is 18.5 Å².